The largest absolute Gasteiger partial charge is 0.489 e. The van der Waals surface area contributed by atoms with E-state index in [0.29, 0.717) is 29.2 Å². The molecule has 1 heterocycles. The highest BCUT2D eigenvalue weighted by atomic mass is 16.5. The molecule has 0 saturated heterocycles. The summed E-state index contributed by atoms with van der Waals surface area (Å²) in [5.74, 6) is 0.470. The van der Waals surface area contributed by atoms with Crippen molar-refractivity contribution in [2.45, 2.75) is 0 Å². The molecule has 4 aromatic rings. The number of hydrogen-bond donors (Lipinski definition) is 1. The monoisotopic (exact) mass is 398 g/mol. The van der Waals surface area contributed by atoms with Crippen molar-refractivity contribution in [2.75, 3.05) is 6.61 Å². The van der Waals surface area contributed by atoms with Gasteiger partial charge in [-0.3, -0.25) is 0 Å². The Morgan fingerprint density at radius 2 is 1.57 bits per heavy atom. The molecule has 4 rings (SSSR count). The molecule has 3 aromatic carbocycles. The molecular formula is C25H20NO4+. The first-order valence-electron chi connectivity index (χ1n) is 9.46. The summed E-state index contributed by atoms with van der Waals surface area (Å²) in [6.07, 6.45) is 1.63. The van der Waals surface area contributed by atoms with Crippen molar-refractivity contribution in [1.82, 2.24) is 0 Å². The van der Waals surface area contributed by atoms with Gasteiger partial charge in [-0.05, 0) is 17.7 Å². The number of aromatic hydroxyl groups is 1. The van der Waals surface area contributed by atoms with Gasteiger partial charge in [0.25, 0.3) is 0 Å². The van der Waals surface area contributed by atoms with Gasteiger partial charge in [0.2, 0.25) is 5.69 Å². The van der Waals surface area contributed by atoms with Crippen molar-refractivity contribution in [3.05, 3.63) is 108 Å². The molecule has 1 aromatic heterocycles. The molecule has 0 spiro atoms. The van der Waals surface area contributed by atoms with E-state index < -0.39 is 5.63 Å². The predicted molar refractivity (Wildman–Crippen MR) is 115 cm³/mol. The lowest BCUT2D eigenvalue weighted by molar-refractivity contribution is -0.602. The average Bonchev–Trinajstić information content (AvgIpc) is 2.79. The zero-order valence-corrected chi connectivity index (χ0v) is 16.2. The fourth-order valence-electron chi connectivity index (χ4n) is 3.25. The fraction of sp³-hybridized carbons (Fsp3) is 0.0400. The van der Waals surface area contributed by atoms with Crippen molar-refractivity contribution < 1.29 is 18.8 Å². The van der Waals surface area contributed by atoms with E-state index in [4.69, 9.17) is 9.15 Å². The number of ether oxygens (including phenoxy) is 1. The SMILES string of the molecule is C=CCOc1ccccc1-c1oc(=O)c(-c2ccccc2)c(O)[n+]1-c1ccccc1. The summed E-state index contributed by atoms with van der Waals surface area (Å²) in [6.45, 7) is 3.97. The molecule has 0 bridgehead atoms. The highest BCUT2D eigenvalue weighted by Crippen LogP contribution is 2.32. The van der Waals surface area contributed by atoms with E-state index in [0.717, 1.165) is 0 Å². The third-order valence-corrected chi connectivity index (χ3v) is 4.58. The first-order valence-corrected chi connectivity index (χ1v) is 9.46. The first-order chi connectivity index (χ1) is 14.7. The number of hydrogen-bond acceptors (Lipinski definition) is 4. The van der Waals surface area contributed by atoms with E-state index in [1.54, 1.807) is 42.5 Å². The lowest BCUT2D eigenvalue weighted by Crippen LogP contribution is -2.36. The van der Waals surface area contributed by atoms with Gasteiger partial charge in [-0.1, -0.05) is 77.9 Å². The second-order valence-electron chi connectivity index (χ2n) is 6.53. The molecule has 0 atom stereocenters. The molecule has 5 nitrogen and oxygen atoms in total. The van der Waals surface area contributed by atoms with Gasteiger partial charge in [0.15, 0.2) is 5.56 Å². The molecule has 30 heavy (non-hydrogen) atoms. The van der Waals surface area contributed by atoms with Crippen LogP contribution in [0.5, 0.6) is 11.6 Å². The molecule has 1 N–H and O–H groups in total. The van der Waals surface area contributed by atoms with Crippen molar-refractivity contribution in [3.63, 3.8) is 0 Å². The zero-order chi connectivity index (χ0) is 20.9. The molecule has 0 aliphatic heterocycles. The van der Waals surface area contributed by atoms with Crippen LogP contribution >= 0.6 is 0 Å². The van der Waals surface area contributed by atoms with Gasteiger partial charge in [-0.15, -0.1) is 0 Å². The van der Waals surface area contributed by atoms with Crippen LogP contribution in [0.1, 0.15) is 0 Å². The van der Waals surface area contributed by atoms with E-state index >= 15 is 0 Å². The summed E-state index contributed by atoms with van der Waals surface area (Å²) < 4.78 is 13.0. The van der Waals surface area contributed by atoms with Crippen LogP contribution in [0.4, 0.5) is 0 Å². The van der Waals surface area contributed by atoms with Gasteiger partial charge in [0.05, 0.1) is 0 Å². The highest BCUT2D eigenvalue weighted by molar-refractivity contribution is 5.68. The minimum atomic E-state index is -0.639. The van der Waals surface area contributed by atoms with Crippen LogP contribution < -0.4 is 14.9 Å². The van der Waals surface area contributed by atoms with Crippen molar-refractivity contribution in [1.29, 1.82) is 0 Å². The molecule has 0 aliphatic carbocycles. The average molecular weight is 398 g/mol. The second kappa shape index (κ2) is 8.49. The van der Waals surface area contributed by atoms with Crippen molar-refractivity contribution in [3.8, 4) is 39.9 Å². The summed E-state index contributed by atoms with van der Waals surface area (Å²) >= 11 is 0. The third-order valence-electron chi connectivity index (χ3n) is 4.58. The van der Waals surface area contributed by atoms with Gasteiger partial charge < -0.3 is 14.3 Å². The quantitative estimate of drug-likeness (QED) is 0.383. The third kappa shape index (κ3) is 3.61. The molecule has 0 fully saturated rings. The summed E-state index contributed by atoms with van der Waals surface area (Å²) in [5, 5.41) is 11.2. The molecule has 0 radical (unpaired) electrons. The molecule has 0 saturated carbocycles. The summed E-state index contributed by atoms with van der Waals surface area (Å²) in [6, 6.07) is 25.3. The zero-order valence-electron chi connectivity index (χ0n) is 16.2. The second-order valence-corrected chi connectivity index (χ2v) is 6.53. The summed E-state index contributed by atoms with van der Waals surface area (Å²) in [5.41, 5.74) is 1.20. The maximum absolute atomic E-state index is 12.9. The van der Waals surface area contributed by atoms with Crippen LogP contribution in [0, 0.1) is 0 Å². The van der Waals surface area contributed by atoms with Crippen LogP contribution in [0.15, 0.2) is 107 Å². The van der Waals surface area contributed by atoms with E-state index in [1.165, 1.54) is 4.57 Å². The normalized spacial score (nSPS) is 10.5. The van der Waals surface area contributed by atoms with Gasteiger partial charge in [-0.25, -0.2) is 4.79 Å². The Hall–Kier alpha value is -4.12. The van der Waals surface area contributed by atoms with Crippen molar-refractivity contribution in [2.24, 2.45) is 0 Å². The number of para-hydroxylation sites is 2. The Balaban J connectivity index is 2.04. The molecule has 0 amide bonds. The van der Waals surface area contributed by atoms with Crippen LogP contribution in [0.2, 0.25) is 0 Å². The summed E-state index contributed by atoms with van der Waals surface area (Å²) in [4.78, 5) is 12.9. The number of rotatable bonds is 6. The van der Waals surface area contributed by atoms with Gasteiger partial charge in [0, 0.05) is 12.1 Å². The highest BCUT2D eigenvalue weighted by Gasteiger charge is 2.32. The maximum Gasteiger partial charge on any atom is 0.396 e. The molecule has 0 aliphatic rings. The van der Waals surface area contributed by atoms with Crippen LogP contribution in [0.25, 0.3) is 28.3 Å². The maximum atomic E-state index is 12.9. The Bertz CT molecular complexity index is 1230. The van der Waals surface area contributed by atoms with Gasteiger partial charge in [0.1, 0.15) is 17.9 Å². The van der Waals surface area contributed by atoms with Gasteiger partial charge >= 0.3 is 17.4 Å². The Morgan fingerprint density at radius 3 is 2.27 bits per heavy atom. The standard InChI is InChI=1S/C25H19NO4/c1-2-17-29-21-16-10-9-15-20(21)24-26(19-13-7-4-8-14-19)23(27)22(25(28)30-24)18-11-5-3-6-12-18/h2-16H,1,17H2/p+1. The van der Waals surface area contributed by atoms with Crippen molar-refractivity contribution >= 4 is 0 Å². The molecule has 0 unspecified atom stereocenters. The molecule has 148 valence electrons. The Kier molecular flexibility index (Phi) is 5.44. The van der Waals surface area contributed by atoms with Crippen LogP contribution in [0.3, 0.4) is 0 Å². The molecular weight excluding hydrogens is 378 g/mol. The number of benzene rings is 3. The topological polar surface area (TPSA) is 63.6 Å². The smallest absolute Gasteiger partial charge is 0.396 e. The van der Waals surface area contributed by atoms with E-state index in [1.807, 2.05) is 48.5 Å². The fourth-order valence-corrected chi connectivity index (χ4v) is 3.25. The van der Waals surface area contributed by atoms with Crippen LogP contribution in [-0.2, 0) is 0 Å². The summed E-state index contributed by atoms with van der Waals surface area (Å²) in [7, 11) is 0. The molecule has 5 heteroatoms. The predicted octanol–water partition coefficient (Wildman–Crippen LogP) is 4.52. The lowest BCUT2D eigenvalue weighted by atomic mass is 10.1. The van der Waals surface area contributed by atoms with Crippen LogP contribution in [-0.4, -0.2) is 11.7 Å². The van der Waals surface area contributed by atoms with E-state index in [9.17, 15) is 9.90 Å². The number of aromatic nitrogens is 1. The minimum absolute atomic E-state index is 0.0905. The van der Waals surface area contributed by atoms with E-state index in [-0.39, 0.29) is 17.3 Å². The number of nitrogens with zero attached hydrogens (tertiary/aromatic N) is 1. The Morgan fingerprint density at radius 1 is 0.933 bits per heavy atom. The van der Waals surface area contributed by atoms with Gasteiger partial charge in [-0.2, -0.15) is 0 Å². The lowest BCUT2D eigenvalue weighted by Gasteiger charge is -2.10. The van der Waals surface area contributed by atoms with E-state index in [2.05, 4.69) is 6.58 Å². The minimum Gasteiger partial charge on any atom is -0.489 e. The first kappa shape index (κ1) is 19.2. The Labute approximate surface area is 173 Å².